The van der Waals surface area contributed by atoms with Gasteiger partial charge in [-0.2, -0.15) is 0 Å². The summed E-state index contributed by atoms with van der Waals surface area (Å²) in [6.45, 7) is 1.08. The van der Waals surface area contributed by atoms with Crippen LogP contribution in [0.4, 0.5) is 0 Å². The topological polar surface area (TPSA) is 75.6 Å². The molecule has 0 spiro atoms. The van der Waals surface area contributed by atoms with Crippen molar-refractivity contribution in [1.82, 2.24) is 0 Å². The Kier molecular flexibility index (Phi) is 10.6. The molecule has 0 aromatic heterocycles. The van der Waals surface area contributed by atoms with Gasteiger partial charge in [0, 0.05) is 14.2 Å². The number of methoxy groups -OCH3 is 2. The standard InChI is InChI=1S/C30H36O7/c1-32-21-25(31)26-27(34-18-22-12-6-3-7-13-22)28(35-19-23-14-8-4-9-15-23)29(30(33-2)37-26)36-20-24-16-10-5-11-17-24/h3-17,25-31H,18-21H2,1-2H3/t25-,26+,27-,28-,29-,30-/m1/s1. The van der Waals surface area contributed by atoms with E-state index in [1.54, 1.807) is 7.11 Å². The fraction of sp³-hybridized carbons (Fsp3) is 0.400. The summed E-state index contributed by atoms with van der Waals surface area (Å²) in [5, 5.41) is 11.0. The zero-order chi connectivity index (χ0) is 25.9. The van der Waals surface area contributed by atoms with Crippen LogP contribution in [0.1, 0.15) is 16.7 Å². The molecule has 7 heteroatoms. The van der Waals surface area contributed by atoms with E-state index in [-0.39, 0.29) is 6.61 Å². The van der Waals surface area contributed by atoms with Crippen LogP contribution in [0.15, 0.2) is 91.0 Å². The quantitative estimate of drug-likeness (QED) is 0.372. The van der Waals surface area contributed by atoms with Crippen molar-refractivity contribution in [3.63, 3.8) is 0 Å². The lowest BCUT2D eigenvalue weighted by molar-refractivity contribution is -0.330. The van der Waals surface area contributed by atoms with Crippen LogP contribution in [0.25, 0.3) is 0 Å². The minimum atomic E-state index is -0.957. The smallest absolute Gasteiger partial charge is 0.186 e. The second kappa shape index (κ2) is 14.4. The van der Waals surface area contributed by atoms with Crippen LogP contribution in [0.2, 0.25) is 0 Å². The van der Waals surface area contributed by atoms with Crippen molar-refractivity contribution in [1.29, 1.82) is 0 Å². The van der Waals surface area contributed by atoms with Crippen LogP contribution in [-0.4, -0.2) is 62.7 Å². The van der Waals surface area contributed by atoms with Crippen molar-refractivity contribution in [2.24, 2.45) is 0 Å². The number of aliphatic hydroxyl groups is 1. The third kappa shape index (κ3) is 7.69. The fourth-order valence-corrected chi connectivity index (χ4v) is 4.46. The van der Waals surface area contributed by atoms with Gasteiger partial charge in [0.2, 0.25) is 0 Å². The molecule has 37 heavy (non-hydrogen) atoms. The van der Waals surface area contributed by atoms with Crippen molar-refractivity contribution >= 4 is 0 Å². The molecule has 6 atom stereocenters. The van der Waals surface area contributed by atoms with E-state index >= 15 is 0 Å². The maximum Gasteiger partial charge on any atom is 0.186 e. The summed E-state index contributed by atoms with van der Waals surface area (Å²) in [5.74, 6) is 0. The molecular weight excluding hydrogens is 472 g/mol. The summed E-state index contributed by atoms with van der Waals surface area (Å²) in [6, 6.07) is 29.7. The van der Waals surface area contributed by atoms with Crippen molar-refractivity contribution in [2.45, 2.75) is 56.6 Å². The van der Waals surface area contributed by atoms with Gasteiger partial charge in [0.25, 0.3) is 0 Å². The molecule has 1 saturated heterocycles. The lowest BCUT2D eigenvalue weighted by Gasteiger charge is -2.46. The highest BCUT2D eigenvalue weighted by Crippen LogP contribution is 2.32. The first kappa shape index (κ1) is 27.4. The van der Waals surface area contributed by atoms with Gasteiger partial charge in [-0.05, 0) is 16.7 Å². The number of aliphatic hydroxyl groups excluding tert-OH is 1. The Morgan fingerprint density at radius 3 is 1.51 bits per heavy atom. The van der Waals surface area contributed by atoms with E-state index in [9.17, 15) is 5.11 Å². The summed E-state index contributed by atoms with van der Waals surface area (Å²) in [4.78, 5) is 0. The molecule has 0 saturated carbocycles. The molecule has 0 amide bonds. The lowest BCUT2D eigenvalue weighted by Crippen LogP contribution is -2.63. The van der Waals surface area contributed by atoms with Gasteiger partial charge in [-0.1, -0.05) is 91.0 Å². The van der Waals surface area contributed by atoms with E-state index in [1.807, 2.05) is 91.0 Å². The Bertz CT molecular complexity index is 1020. The molecule has 3 aromatic rings. The summed E-state index contributed by atoms with van der Waals surface area (Å²) < 4.78 is 36.5. The van der Waals surface area contributed by atoms with Crippen LogP contribution in [-0.2, 0) is 48.2 Å². The van der Waals surface area contributed by atoms with Crippen LogP contribution in [0.3, 0.4) is 0 Å². The molecule has 198 valence electrons. The van der Waals surface area contributed by atoms with Gasteiger partial charge in [-0.3, -0.25) is 0 Å². The average Bonchev–Trinajstić information content (AvgIpc) is 2.95. The van der Waals surface area contributed by atoms with Crippen molar-refractivity contribution in [2.75, 3.05) is 20.8 Å². The monoisotopic (exact) mass is 508 g/mol. The largest absolute Gasteiger partial charge is 0.388 e. The zero-order valence-corrected chi connectivity index (χ0v) is 21.3. The van der Waals surface area contributed by atoms with E-state index < -0.39 is 36.8 Å². The lowest BCUT2D eigenvalue weighted by atomic mass is 9.94. The number of rotatable bonds is 13. The molecule has 1 aliphatic heterocycles. The molecule has 0 aliphatic carbocycles. The predicted molar refractivity (Wildman–Crippen MR) is 139 cm³/mol. The Hall–Kier alpha value is -2.62. The summed E-state index contributed by atoms with van der Waals surface area (Å²) in [7, 11) is 3.09. The van der Waals surface area contributed by atoms with Crippen molar-refractivity contribution < 1.29 is 33.5 Å². The third-order valence-electron chi connectivity index (χ3n) is 6.34. The predicted octanol–water partition coefficient (Wildman–Crippen LogP) is 4.12. The molecule has 4 rings (SSSR count). The minimum Gasteiger partial charge on any atom is -0.388 e. The highest BCUT2D eigenvalue weighted by molar-refractivity contribution is 5.15. The van der Waals surface area contributed by atoms with Gasteiger partial charge in [-0.25, -0.2) is 0 Å². The molecule has 1 fully saturated rings. The normalized spacial score (nSPS) is 24.6. The number of hydrogen-bond acceptors (Lipinski definition) is 7. The number of ether oxygens (including phenoxy) is 6. The zero-order valence-electron chi connectivity index (χ0n) is 21.3. The van der Waals surface area contributed by atoms with Gasteiger partial charge >= 0.3 is 0 Å². The van der Waals surface area contributed by atoms with Crippen molar-refractivity contribution in [3.05, 3.63) is 108 Å². The molecule has 3 aromatic carbocycles. The maximum atomic E-state index is 11.0. The van der Waals surface area contributed by atoms with Gasteiger partial charge in [0.15, 0.2) is 6.29 Å². The summed E-state index contributed by atoms with van der Waals surface area (Å²) >= 11 is 0. The van der Waals surface area contributed by atoms with Crippen LogP contribution >= 0.6 is 0 Å². The molecule has 1 heterocycles. The Morgan fingerprint density at radius 1 is 0.649 bits per heavy atom. The molecular formula is C30H36O7. The van der Waals surface area contributed by atoms with E-state index in [0.29, 0.717) is 19.8 Å². The molecule has 0 bridgehead atoms. The molecule has 1 N–H and O–H groups in total. The Balaban J connectivity index is 1.62. The maximum absolute atomic E-state index is 11.0. The highest BCUT2D eigenvalue weighted by atomic mass is 16.7. The molecule has 0 radical (unpaired) electrons. The minimum absolute atomic E-state index is 0.0766. The first-order chi connectivity index (χ1) is 18.2. The molecule has 0 unspecified atom stereocenters. The van der Waals surface area contributed by atoms with E-state index in [1.165, 1.54) is 7.11 Å². The fourth-order valence-electron chi connectivity index (χ4n) is 4.46. The van der Waals surface area contributed by atoms with Crippen LogP contribution in [0.5, 0.6) is 0 Å². The summed E-state index contributed by atoms with van der Waals surface area (Å²) in [5.41, 5.74) is 3.03. The first-order valence-electron chi connectivity index (χ1n) is 12.5. The van der Waals surface area contributed by atoms with E-state index in [4.69, 9.17) is 28.4 Å². The Labute approximate surface area is 218 Å². The van der Waals surface area contributed by atoms with Gasteiger partial charge in [-0.15, -0.1) is 0 Å². The van der Waals surface area contributed by atoms with E-state index in [2.05, 4.69) is 0 Å². The Morgan fingerprint density at radius 2 is 1.08 bits per heavy atom. The van der Waals surface area contributed by atoms with Crippen molar-refractivity contribution in [3.8, 4) is 0 Å². The first-order valence-corrected chi connectivity index (χ1v) is 12.5. The van der Waals surface area contributed by atoms with Gasteiger partial charge < -0.3 is 33.5 Å². The second-order valence-electron chi connectivity index (χ2n) is 9.01. The molecule has 7 nitrogen and oxygen atoms in total. The van der Waals surface area contributed by atoms with Crippen LogP contribution < -0.4 is 0 Å². The average molecular weight is 509 g/mol. The van der Waals surface area contributed by atoms with Crippen LogP contribution in [0, 0.1) is 0 Å². The molecule has 1 aliphatic rings. The van der Waals surface area contributed by atoms with Gasteiger partial charge in [0.05, 0.1) is 26.4 Å². The van der Waals surface area contributed by atoms with Gasteiger partial charge in [0.1, 0.15) is 30.5 Å². The third-order valence-corrected chi connectivity index (χ3v) is 6.34. The summed E-state index contributed by atoms with van der Waals surface area (Å²) in [6.07, 6.45) is -4.35. The number of benzene rings is 3. The second-order valence-corrected chi connectivity index (χ2v) is 9.01. The van der Waals surface area contributed by atoms with E-state index in [0.717, 1.165) is 16.7 Å². The highest BCUT2D eigenvalue weighted by Gasteiger charge is 2.50. The SMILES string of the molecule is COC[C@@H](O)[C@@H]1O[C@@H](OC)[C@H](OCc2ccccc2)[C@H](OCc2ccccc2)[C@@H]1OCc1ccccc1. The number of hydrogen-bond donors (Lipinski definition) is 1.